The van der Waals surface area contributed by atoms with Gasteiger partial charge in [0.25, 0.3) is 5.91 Å². The summed E-state index contributed by atoms with van der Waals surface area (Å²) in [7, 11) is 0. The zero-order valence-electron chi connectivity index (χ0n) is 18.3. The minimum atomic E-state index is -3.25. The molecule has 4 nitrogen and oxygen atoms in total. The molecule has 7 heteroatoms. The first-order valence-corrected chi connectivity index (χ1v) is 11.9. The van der Waals surface area contributed by atoms with E-state index in [2.05, 4.69) is 34.3 Å². The fourth-order valence-electron chi connectivity index (χ4n) is 4.16. The van der Waals surface area contributed by atoms with Crippen LogP contribution >= 0.6 is 22.6 Å². The van der Waals surface area contributed by atoms with Crippen LogP contribution in [0, 0.1) is 6.92 Å². The maximum atomic E-state index is 13.0. The van der Waals surface area contributed by atoms with E-state index in [1.165, 1.54) is 17.7 Å². The lowest BCUT2D eigenvalue weighted by Gasteiger charge is -2.16. The third kappa shape index (κ3) is 6.29. The van der Waals surface area contributed by atoms with Crippen molar-refractivity contribution in [2.24, 2.45) is 0 Å². The Hall–Kier alpha value is -2.52. The molecule has 0 bridgehead atoms. The van der Waals surface area contributed by atoms with Crippen LogP contribution in [0.3, 0.4) is 0 Å². The third-order valence-corrected chi connectivity index (χ3v) is 5.85. The first-order chi connectivity index (χ1) is 15.8. The summed E-state index contributed by atoms with van der Waals surface area (Å²) in [5, 5.41) is 3.49. The van der Waals surface area contributed by atoms with Gasteiger partial charge in [-0.3, -0.25) is 4.79 Å². The highest BCUT2D eigenvalue weighted by atomic mass is 127. The second kappa shape index (κ2) is 10.2. The Morgan fingerprint density at radius 1 is 1.03 bits per heavy atom. The van der Waals surface area contributed by atoms with Gasteiger partial charge < -0.3 is 15.0 Å². The van der Waals surface area contributed by atoms with E-state index in [4.69, 9.17) is 0 Å². The van der Waals surface area contributed by atoms with Crippen molar-refractivity contribution in [1.29, 1.82) is 0 Å². The van der Waals surface area contributed by atoms with Crippen LogP contribution in [0.2, 0.25) is 0 Å². The Balaban J connectivity index is 1.35. The van der Waals surface area contributed by atoms with Gasteiger partial charge in [0.15, 0.2) is 0 Å². The molecule has 33 heavy (non-hydrogen) atoms. The van der Waals surface area contributed by atoms with E-state index in [0.717, 1.165) is 69.9 Å². The number of hydrogen-bond donors (Lipinski definition) is 1. The quantitative estimate of drug-likeness (QED) is 0.202. The van der Waals surface area contributed by atoms with Crippen molar-refractivity contribution in [2.75, 3.05) is 6.54 Å². The molecule has 3 aromatic carbocycles. The molecule has 0 saturated carbocycles. The Bertz CT molecular complexity index is 1120. The van der Waals surface area contributed by atoms with Crippen molar-refractivity contribution in [3.63, 3.8) is 0 Å². The molecule has 1 aliphatic rings. The van der Waals surface area contributed by atoms with Crippen LogP contribution < -0.4 is 10.1 Å². The van der Waals surface area contributed by atoms with Gasteiger partial charge in [0.05, 0.1) is 22.6 Å². The number of nitrogens with one attached hydrogen (secondary N) is 1. The number of rotatable bonds is 9. The Kier molecular flexibility index (Phi) is 7.29. The Morgan fingerprint density at radius 3 is 2.45 bits per heavy atom. The molecule has 1 heterocycles. The normalized spacial score (nSPS) is 13.3. The molecule has 0 aromatic heterocycles. The molecule has 1 aliphatic heterocycles. The van der Waals surface area contributed by atoms with Crippen LogP contribution in [0.1, 0.15) is 38.2 Å². The van der Waals surface area contributed by atoms with E-state index in [-0.39, 0.29) is 11.7 Å². The minimum Gasteiger partial charge on any atom is -0.425 e. The van der Waals surface area contributed by atoms with Gasteiger partial charge in [-0.15, -0.1) is 0 Å². The molecule has 4 rings (SSSR count). The van der Waals surface area contributed by atoms with E-state index in [1.807, 2.05) is 25.1 Å². The molecule has 0 saturated heterocycles. The zero-order chi connectivity index (χ0) is 23.4. The number of aryl methyl sites for hydroxylation is 1. The molecule has 0 unspecified atom stereocenters. The molecule has 3 aromatic rings. The number of nitrogens with zero attached hydrogens (tertiary/aromatic N) is 1. The van der Waals surface area contributed by atoms with Crippen LogP contribution in [-0.4, -0.2) is 21.5 Å². The average molecular weight is 562 g/mol. The average Bonchev–Trinajstić information content (AvgIpc) is 3.08. The van der Waals surface area contributed by atoms with Gasteiger partial charge in [0.1, 0.15) is 5.75 Å². The highest BCUT2D eigenvalue weighted by Gasteiger charge is 2.30. The second-order valence-corrected chi connectivity index (χ2v) is 9.47. The lowest BCUT2D eigenvalue weighted by Crippen LogP contribution is -2.23. The van der Waals surface area contributed by atoms with Crippen LogP contribution in [0.25, 0.3) is 0 Å². The smallest absolute Gasteiger partial charge is 0.425 e. The first-order valence-electron chi connectivity index (χ1n) is 10.8. The summed E-state index contributed by atoms with van der Waals surface area (Å²) in [4.78, 5) is 14.8. The standard InChI is InChI=1S/C26H25F2IN2O2/c1-18-13-21(15-30-12-11-19-5-3-2-4-6-19)14-22-17-31(25(32)24(18)22)16-20-7-9-23(10-8-20)33-26(27,28)29/h2-10,13-14,30H,11-12,15-17H2,1H3. The number of fused-ring (bicyclic) bond motifs is 1. The minimum absolute atomic E-state index is 0.00482. The Labute approximate surface area is 206 Å². The largest absolute Gasteiger partial charge is 0.451 e. The molecule has 0 spiro atoms. The van der Waals surface area contributed by atoms with Crippen molar-refractivity contribution < 1.29 is 18.3 Å². The summed E-state index contributed by atoms with van der Waals surface area (Å²) in [6.45, 7) is 4.56. The summed E-state index contributed by atoms with van der Waals surface area (Å²) in [5.74, 6) is 0.0969. The molecule has 1 amide bonds. The summed E-state index contributed by atoms with van der Waals surface area (Å²) in [6, 6.07) is 21.0. The van der Waals surface area contributed by atoms with E-state index in [1.54, 1.807) is 17.0 Å². The van der Waals surface area contributed by atoms with E-state index in [0.29, 0.717) is 13.1 Å². The van der Waals surface area contributed by atoms with Gasteiger partial charge in [-0.1, -0.05) is 54.6 Å². The topological polar surface area (TPSA) is 41.6 Å². The zero-order valence-corrected chi connectivity index (χ0v) is 20.4. The van der Waals surface area contributed by atoms with E-state index in [9.17, 15) is 13.6 Å². The van der Waals surface area contributed by atoms with Crippen molar-refractivity contribution >= 4 is 28.5 Å². The van der Waals surface area contributed by atoms with Crippen molar-refractivity contribution in [3.05, 3.63) is 100 Å². The highest BCUT2D eigenvalue weighted by Crippen LogP contribution is 2.30. The number of carbonyl (C=O) groups excluding carboxylic acids is 1. The van der Waals surface area contributed by atoms with E-state index < -0.39 is 4.12 Å². The number of alkyl halides is 3. The van der Waals surface area contributed by atoms with Gasteiger partial charge in [-0.2, -0.15) is 8.78 Å². The van der Waals surface area contributed by atoms with Gasteiger partial charge in [-0.05, 0) is 59.8 Å². The molecule has 0 atom stereocenters. The van der Waals surface area contributed by atoms with Crippen LogP contribution in [0.4, 0.5) is 8.78 Å². The second-order valence-electron chi connectivity index (χ2n) is 8.21. The number of amides is 1. The summed E-state index contributed by atoms with van der Waals surface area (Å²) >= 11 is 0.937. The number of ether oxygens (including phenoxy) is 1. The third-order valence-electron chi connectivity index (χ3n) is 5.63. The van der Waals surface area contributed by atoms with Gasteiger partial charge in [-0.25, -0.2) is 0 Å². The first kappa shape index (κ1) is 23.6. The number of benzene rings is 3. The Morgan fingerprint density at radius 2 is 1.76 bits per heavy atom. The predicted octanol–water partition coefficient (Wildman–Crippen LogP) is 5.85. The van der Waals surface area contributed by atoms with Crippen molar-refractivity contribution in [2.45, 2.75) is 37.1 Å². The monoisotopic (exact) mass is 562 g/mol. The van der Waals surface area contributed by atoms with Gasteiger partial charge in [0.2, 0.25) is 0 Å². The molecule has 0 fully saturated rings. The fraction of sp³-hybridized carbons (Fsp3) is 0.269. The summed E-state index contributed by atoms with van der Waals surface area (Å²) in [6.07, 6.45) is 0.969. The van der Waals surface area contributed by atoms with Crippen LogP contribution in [0.5, 0.6) is 5.75 Å². The van der Waals surface area contributed by atoms with Crippen molar-refractivity contribution in [3.8, 4) is 5.75 Å². The fourth-order valence-corrected chi connectivity index (χ4v) is 4.42. The summed E-state index contributed by atoms with van der Waals surface area (Å²) < 4.78 is 27.3. The molecule has 0 aliphatic carbocycles. The lowest BCUT2D eigenvalue weighted by molar-refractivity contribution is -0.0691. The molecular weight excluding hydrogens is 537 g/mol. The van der Waals surface area contributed by atoms with Gasteiger partial charge in [0, 0.05) is 25.2 Å². The van der Waals surface area contributed by atoms with Crippen LogP contribution in [0.15, 0.2) is 66.7 Å². The van der Waals surface area contributed by atoms with Gasteiger partial charge >= 0.3 is 4.12 Å². The maximum absolute atomic E-state index is 13.0. The molecule has 0 radical (unpaired) electrons. The van der Waals surface area contributed by atoms with Crippen LogP contribution in [-0.2, 0) is 26.1 Å². The summed E-state index contributed by atoms with van der Waals surface area (Å²) in [5.41, 5.74) is 6.11. The maximum Gasteiger partial charge on any atom is 0.451 e. The molecule has 172 valence electrons. The SMILES string of the molecule is Cc1cc(CNCCc2ccccc2)cc2c1C(=O)N(Cc1ccc(OC(F)(F)I)cc1)C2. The lowest BCUT2D eigenvalue weighted by atomic mass is 10.0. The predicted molar refractivity (Wildman–Crippen MR) is 133 cm³/mol. The number of halogens is 3. The molecule has 1 N–H and O–H groups in total. The number of carbonyl (C=O) groups is 1. The molecular formula is C26H25F2IN2O2. The van der Waals surface area contributed by atoms with E-state index >= 15 is 0 Å². The highest BCUT2D eigenvalue weighted by molar-refractivity contribution is 14.1. The van der Waals surface area contributed by atoms with Crippen molar-refractivity contribution in [1.82, 2.24) is 10.2 Å². The number of hydrogen-bond acceptors (Lipinski definition) is 3.